The zero-order valence-corrected chi connectivity index (χ0v) is 18.7. The topological polar surface area (TPSA) is 62.2 Å². The lowest BCUT2D eigenvalue weighted by Crippen LogP contribution is -2.38. The molecule has 1 amide bonds. The average molecular weight is 450 g/mol. The first kappa shape index (κ1) is 22.6. The molecule has 3 heterocycles. The summed E-state index contributed by atoms with van der Waals surface area (Å²) in [6.07, 6.45) is -2.95. The largest absolute Gasteiger partial charge is 0.410 e. The third kappa shape index (κ3) is 4.77. The quantitative estimate of drug-likeness (QED) is 0.699. The van der Waals surface area contributed by atoms with Gasteiger partial charge in [-0.1, -0.05) is 19.1 Å². The Morgan fingerprint density at radius 2 is 2.06 bits per heavy atom. The highest BCUT2D eigenvalue weighted by Gasteiger charge is 2.46. The van der Waals surface area contributed by atoms with Crippen LogP contribution in [0.2, 0.25) is 0 Å². The number of alkyl halides is 3. The molecule has 1 aromatic heterocycles. The molecule has 6 nitrogen and oxygen atoms in total. The van der Waals surface area contributed by atoms with Gasteiger partial charge in [0.2, 0.25) is 5.91 Å². The molecule has 3 atom stereocenters. The first-order chi connectivity index (χ1) is 15.1. The van der Waals surface area contributed by atoms with Crippen LogP contribution in [0.25, 0.3) is 0 Å². The number of carbonyl (C=O) groups is 1. The highest BCUT2D eigenvalue weighted by Crippen LogP contribution is 2.41. The number of fused-ring (bicyclic) bond motifs is 1. The van der Waals surface area contributed by atoms with Crippen LogP contribution in [0, 0.1) is 13.8 Å². The van der Waals surface area contributed by atoms with Crippen molar-refractivity contribution in [3.63, 3.8) is 0 Å². The standard InChI is InChI=1S/C23H30F3N5O/c1-4-17-10-20(23(24,25)26)31-21(27-17)11-19(29-31)16-7-8-30(12-16)13-22(32)28-18-9-14(2)5-6-15(18)3/h5-6,9,11,16-17,20,27H,4,7-8,10,12-13H2,1-3H3,(H,28,32)/t16-,17-,20-/m1/s1. The molecule has 2 aromatic rings. The number of rotatable bonds is 5. The summed E-state index contributed by atoms with van der Waals surface area (Å²) < 4.78 is 41.9. The third-order valence-electron chi connectivity index (χ3n) is 6.51. The number of aryl methyl sites for hydroxylation is 2. The second-order valence-electron chi connectivity index (χ2n) is 9.03. The molecular weight excluding hydrogens is 419 g/mol. The van der Waals surface area contributed by atoms with Gasteiger partial charge in [0.1, 0.15) is 5.82 Å². The lowest BCUT2D eigenvalue weighted by molar-refractivity contribution is -0.173. The third-order valence-corrected chi connectivity index (χ3v) is 6.51. The number of hydrogen-bond acceptors (Lipinski definition) is 4. The van der Waals surface area contributed by atoms with E-state index >= 15 is 0 Å². The van der Waals surface area contributed by atoms with Crippen LogP contribution in [0.1, 0.15) is 55.0 Å². The van der Waals surface area contributed by atoms with Crippen molar-refractivity contribution in [2.24, 2.45) is 0 Å². The van der Waals surface area contributed by atoms with Gasteiger partial charge in [0.15, 0.2) is 6.04 Å². The Morgan fingerprint density at radius 3 is 2.78 bits per heavy atom. The van der Waals surface area contributed by atoms with Crippen molar-refractivity contribution >= 4 is 17.4 Å². The summed E-state index contributed by atoms with van der Waals surface area (Å²) in [5.74, 6) is 0.358. The molecule has 9 heteroatoms. The van der Waals surface area contributed by atoms with Crippen molar-refractivity contribution in [3.8, 4) is 0 Å². The van der Waals surface area contributed by atoms with Crippen LogP contribution in [0.3, 0.4) is 0 Å². The Bertz CT molecular complexity index is 986. The van der Waals surface area contributed by atoms with Crippen molar-refractivity contribution in [2.75, 3.05) is 30.3 Å². The normalized spacial score (nSPS) is 23.6. The zero-order chi connectivity index (χ0) is 23.0. The fourth-order valence-electron chi connectivity index (χ4n) is 4.62. The second-order valence-corrected chi connectivity index (χ2v) is 9.03. The van der Waals surface area contributed by atoms with Crippen molar-refractivity contribution in [3.05, 3.63) is 41.1 Å². The van der Waals surface area contributed by atoms with Crippen LogP contribution < -0.4 is 10.6 Å². The van der Waals surface area contributed by atoms with Gasteiger partial charge in [-0.25, -0.2) is 4.68 Å². The van der Waals surface area contributed by atoms with E-state index in [2.05, 4.69) is 15.7 Å². The summed E-state index contributed by atoms with van der Waals surface area (Å²) in [7, 11) is 0. The Balaban J connectivity index is 1.41. The van der Waals surface area contributed by atoms with Crippen LogP contribution >= 0.6 is 0 Å². The van der Waals surface area contributed by atoms with Gasteiger partial charge >= 0.3 is 6.18 Å². The van der Waals surface area contributed by atoms with Crippen molar-refractivity contribution in [1.29, 1.82) is 0 Å². The minimum Gasteiger partial charge on any atom is -0.367 e. The van der Waals surface area contributed by atoms with Crippen LogP contribution in [0.4, 0.5) is 24.7 Å². The van der Waals surface area contributed by atoms with Gasteiger partial charge in [0.25, 0.3) is 0 Å². The Kier molecular flexibility index (Phi) is 6.20. The molecule has 0 spiro atoms. The maximum Gasteiger partial charge on any atom is 0.410 e. The van der Waals surface area contributed by atoms with Gasteiger partial charge in [0, 0.05) is 30.3 Å². The van der Waals surface area contributed by atoms with E-state index in [4.69, 9.17) is 0 Å². The van der Waals surface area contributed by atoms with Gasteiger partial charge in [-0.15, -0.1) is 0 Å². The number of hydrogen-bond donors (Lipinski definition) is 2. The molecule has 0 aliphatic carbocycles. The number of carbonyl (C=O) groups excluding carboxylic acids is 1. The summed E-state index contributed by atoms with van der Waals surface area (Å²) in [5.41, 5.74) is 3.55. The van der Waals surface area contributed by atoms with Gasteiger partial charge in [-0.2, -0.15) is 18.3 Å². The molecule has 2 aliphatic rings. The lowest BCUT2D eigenvalue weighted by Gasteiger charge is -2.32. The second kappa shape index (κ2) is 8.77. The first-order valence-corrected chi connectivity index (χ1v) is 11.2. The summed E-state index contributed by atoms with van der Waals surface area (Å²) in [5, 5.41) is 10.5. The highest BCUT2D eigenvalue weighted by atomic mass is 19.4. The maximum absolute atomic E-state index is 13.6. The van der Waals surface area contributed by atoms with E-state index in [1.807, 2.05) is 43.9 Å². The van der Waals surface area contributed by atoms with E-state index in [1.165, 1.54) is 0 Å². The smallest absolute Gasteiger partial charge is 0.367 e. The number of amides is 1. The molecule has 4 rings (SSSR count). The number of likely N-dealkylation sites (tertiary alicyclic amines) is 1. The fraction of sp³-hybridized carbons (Fsp3) is 0.565. The number of nitrogens with zero attached hydrogens (tertiary/aromatic N) is 3. The van der Waals surface area contributed by atoms with Crippen LogP contribution in [0.15, 0.2) is 24.3 Å². The predicted octanol–water partition coefficient (Wildman–Crippen LogP) is 4.63. The molecule has 2 N–H and O–H groups in total. The summed E-state index contributed by atoms with van der Waals surface area (Å²) in [4.78, 5) is 14.6. The summed E-state index contributed by atoms with van der Waals surface area (Å²) >= 11 is 0. The SMILES string of the molecule is CC[C@@H]1C[C@H](C(F)(F)F)n2nc([C@@H]3CCN(CC(=O)Nc4cc(C)ccc4C)C3)cc2N1. The van der Waals surface area contributed by atoms with E-state index < -0.39 is 12.2 Å². The van der Waals surface area contributed by atoms with Crippen molar-refractivity contribution in [1.82, 2.24) is 14.7 Å². The summed E-state index contributed by atoms with van der Waals surface area (Å²) in [6, 6.07) is 5.86. The van der Waals surface area contributed by atoms with Crippen LogP contribution in [0.5, 0.6) is 0 Å². The molecule has 2 aliphatic heterocycles. The number of aromatic nitrogens is 2. The monoisotopic (exact) mass is 449 g/mol. The van der Waals surface area contributed by atoms with Gasteiger partial charge in [0.05, 0.1) is 12.2 Å². The van der Waals surface area contributed by atoms with Gasteiger partial charge in [-0.05, 0) is 56.8 Å². The summed E-state index contributed by atoms with van der Waals surface area (Å²) in [6.45, 7) is 7.37. The molecule has 1 fully saturated rings. The molecular formula is C23H30F3N5O. The zero-order valence-electron chi connectivity index (χ0n) is 18.7. The molecule has 0 saturated carbocycles. The van der Waals surface area contributed by atoms with Crippen LogP contribution in [-0.4, -0.2) is 52.4 Å². The molecule has 1 saturated heterocycles. The Labute approximate surface area is 186 Å². The first-order valence-electron chi connectivity index (χ1n) is 11.2. The number of nitrogens with one attached hydrogen (secondary N) is 2. The van der Waals surface area contributed by atoms with Crippen molar-refractivity contribution < 1.29 is 18.0 Å². The molecule has 0 radical (unpaired) electrons. The van der Waals surface area contributed by atoms with Gasteiger partial charge < -0.3 is 10.6 Å². The molecule has 0 unspecified atom stereocenters. The van der Waals surface area contributed by atoms with Crippen molar-refractivity contribution in [2.45, 2.75) is 64.2 Å². The molecule has 0 bridgehead atoms. The highest BCUT2D eigenvalue weighted by molar-refractivity contribution is 5.93. The van der Waals surface area contributed by atoms with E-state index in [-0.39, 0.29) is 30.8 Å². The predicted molar refractivity (Wildman–Crippen MR) is 118 cm³/mol. The minimum atomic E-state index is -4.33. The minimum absolute atomic E-state index is 0.0105. The Morgan fingerprint density at radius 1 is 1.28 bits per heavy atom. The maximum atomic E-state index is 13.6. The Hall–Kier alpha value is -2.55. The number of benzene rings is 1. The van der Waals surface area contributed by atoms with Crippen LogP contribution in [-0.2, 0) is 4.79 Å². The van der Waals surface area contributed by atoms with E-state index in [1.54, 1.807) is 6.07 Å². The van der Waals surface area contributed by atoms with E-state index in [0.29, 0.717) is 31.0 Å². The van der Waals surface area contributed by atoms with E-state index in [0.717, 1.165) is 27.9 Å². The molecule has 32 heavy (non-hydrogen) atoms. The lowest BCUT2D eigenvalue weighted by atomic mass is 10.0. The van der Waals surface area contributed by atoms with Gasteiger partial charge in [-0.3, -0.25) is 9.69 Å². The molecule has 174 valence electrons. The molecule has 1 aromatic carbocycles. The number of anilines is 2. The fourth-order valence-corrected chi connectivity index (χ4v) is 4.62. The van der Waals surface area contributed by atoms with E-state index in [9.17, 15) is 18.0 Å². The number of halogens is 3. The average Bonchev–Trinajstić information content (AvgIpc) is 3.35.